The van der Waals surface area contributed by atoms with Gasteiger partial charge in [0.2, 0.25) is 0 Å². The summed E-state index contributed by atoms with van der Waals surface area (Å²) in [7, 11) is 0. The van der Waals surface area contributed by atoms with Crippen LogP contribution in [0, 0.1) is 27.7 Å². The molecule has 0 fully saturated rings. The number of pyridine rings is 1. The van der Waals surface area contributed by atoms with Gasteiger partial charge in [-0.15, -0.1) is 0 Å². The zero-order chi connectivity index (χ0) is 10.2. The average molecular weight is 179 g/mol. The van der Waals surface area contributed by atoms with E-state index in [-0.39, 0.29) is 0 Å². The van der Waals surface area contributed by atoms with Crippen LogP contribution in [0.4, 0.5) is 0 Å². The number of hydrogen-bond donors (Lipinski definition) is 1. The van der Waals surface area contributed by atoms with E-state index in [2.05, 4.69) is 18.8 Å². The second-order valence-electron chi connectivity index (χ2n) is 3.63. The number of nitrogens with zero attached hydrogens (tertiary/aromatic N) is 1. The van der Waals surface area contributed by atoms with E-state index in [1.165, 1.54) is 11.1 Å². The van der Waals surface area contributed by atoms with E-state index in [1.807, 2.05) is 13.8 Å². The molecule has 1 heterocycles. The summed E-state index contributed by atoms with van der Waals surface area (Å²) in [5.74, 6) is 0. The first-order chi connectivity index (χ1) is 5.95. The zero-order valence-electron chi connectivity index (χ0n) is 8.97. The molecule has 1 aromatic heterocycles. The lowest BCUT2D eigenvalue weighted by atomic mass is 10.00. The molecule has 0 amide bonds. The van der Waals surface area contributed by atoms with Crippen molar-refractivity contribution in [3.05, 3.63) is 28.1 Å². The molecule has 0 aliphatic rings. The fraction of sp³-hybridized carbons (Fsp3) is 0.545. The Labute approximate surface area is 79.6 Å². The number of aliphatic hydroxyl groups is 1. The van der Waals surface area contributed by atoms with Crippen molar-refractivity contribution in [3.63, 3.8) is 0 Å². The van der Waals surface area contributed by atoms with Gasteiger partial charge in [0.15, 0.2) is 0 Å². The maximum absolute atomic E-state index is 9.48. The summed E-state index contributed by atoms with van der Waals surface area (Å²) in [4.78, 5) is 4.38. The van der Waals surface area contributed by atoms with Crippen LogP contribution < -0.4 is 0 Å². The van der Waals surface area contributed by atoms with Crippen molar-refractivity contribution in [2.45, 2.75) is 40.7 Å². The maximum atomic E-state index is 9.48. The normalized spacial score (nSPS) is 13.1. The van der Waals surface area contributed by atoms with Gasteiger partial charge in [-0.1, -0.05) is 0 Å². The van der Waals surface area contributed by atoms with Crippen LogP contribution in [0.3, 0.4) is 0 Å². The van der Waals surface area contributed by atoms with Crippen LogP contribution in [-0.4, -0.2) is 10.1 Å². The molecule has 1 N–H and O–H groups in total. The average Bonchev–Trinajstić information content (AvgIpc) is 2.07. The predicted molar refractivity (Wildman–Crippen MR) is 53.8 cm³/mol. The van der Waals surface area contributed by atoms with Crippen molar-refractivity contribution < 1.29 is 5.11 Å². The Balaban J connectivity index is 3.41. The highest BCUT2D eigenvalue weighted by atomic mass is 16.3. The minimum absolute atomic E-state index is 0.474. The van der Waals surface area contributed by atoms with Gasteiger partial charge < -0.3 is 5.11 Å². The number of aryl methyl sites for hydroxylation is 1. The highest BCUT2D eigenvalue weighted by Gasteiger charge is 2.11. The van der Waals surface area contributed by atoms with Crippen molar-refractivity contribution in [1.82, 2.24) is 4.98 Å². The lowest BCUT2D eigenvalue weighted by molar-refractivity contribution is 0.193. The van der Waals surface area contributed by atoms with Crippen molar-refractivity contribution in [1.29, 1.82) is 0 Å². The van der Waals surface area contributed by atoms with E-state index >= 15 is 0 Å². The van der Waals surface area contributed by atoms with Crippen LogP contribution in [-0.2, 0) is 0 Å². The number of aliphatic hydroxyl groups excluding tert-OH is 1. The van der Waals surface area contributed by atoms with Gasteiger partial charge in [-0.3, -0.25) is 4.98 Å². The topological polar surface area (TPSA) is 33.1 Å². The molecular formula is C11H17NO. The number of rotatable bonds is 1. The molecule has 0 saturated heterocycles. The zero-order valence-corrected chi connectivity index (χ0v) is 8.97. The summed E-state index contributed by atoms with van der Waals surface area (Å²) >= 11 is 0. The highest BCUT2D eigenvalue weighted by Crippen LogP contribution is 2.22. The van der Waals surface area contributed by atoms with E-state index < -0.39 is 6.10 Å². The van der Waals surface area contributed by atoms with Crippen molar-refractivity contribution in [3.8, 4) is 0 Å². The van der Waals surface area contributed by atoms with Crippen LogP contribution in [0.2, 0.25) is 0 Å². The van der Waals surface area contributed by atoms with Gasteiger partial charge in [-0.25, -0.2) is 0 Å². The van der Waals surface area contributed by atoms with Gasteiger partial charge in [0, 0.05) is 5.69 Å². The van der Waals surface area contributed by atoms with Crippen LogP contribution in [0.1, 0.15) is 41.1 Å². The third-order valence-corrected chi connectivity index (χ3v) is 2.74. The first-order valence-electron chi connectivity index (χ1n) is 4.57. The summed E-state index contributed by atoms with van der Waals surface area (Å²) in [5.41, 5.74) is 5.39. The minimum Gasteiger partial charge on any atom is -0.387 e. The van der Waals surface area contributed by atoms with Crippen LogP contribution >= 0.6 is 0 Å². The maximum Gasteiger partial charge on any atom is 0.0934 e. The van der Waals surface area contributed by atoms with E-state index in [9.17, 15) is 5.11 Å². The monoisotopic (exact) mass is 179 g/mol. The Morgan fingerprint density at radius 3 is 2.00 bits per heavy atom. The lowest BCUT2D eigenvalue weighted by Gasteiger charge is -2.14. The van der Waals surface area contributed by atoms with Crippen molar-refractivity contribution in [2.24, 2.45) is 0 Å². The molecule has 1 unspecified atom stereocenters. The van der Waals surface area contributed by atoms with Gasteiger partial charge in [0.05, 0.1) is 11.8 Å². The molecule has 0 aliphatic heterocycles. The first kappa shape index (κ1) is 10.2. The molecule has 0 aromatic carbocycles. The molecule has 0 aliphatic carbocycles. The smallest absolute Gasteiger partial charge is 0.0934 e. The van der Waals surface area contributed by atoms with E-state index in [0.717, 1.165) is 17.0 Å². The van der Waals surface area contributed by atoms with Crippen molar-refractivity contribution >= 4 is 0 Å². The third-order valence-electron chi connectivity index (χ3n) is 2.74. The quantitative estimate of drug-likeness (QED) is 0.718. The Morgan fingerprint density at radius 2 is 1.54 bits per heavy atom. The summed E-state index contributed by atoms with van der Waals surface area (Å²) in [6.45, 7) is 9.88. The summed E-state index contributed by atoms with van der Waals surface area (Å²) < 4.78 is 0. The van der Waals surface area contributed by atoms with E-state index in [1.54, 1.807) is 6.92 Å². The molecule has 0 saturated carbocycles. The number of aromatic nitrogens is 1. The largest absolute Gasteiger partial charge is 0.387 e. The highest BCUT2D eigenvalue weighted by molar-refractivity contribution is 5.38. The summed E-state index contributed by atoms with van der Waals surface area (Å²) in [6.07, 6.45) is -0.474. The minimum atomic E-state index is -0.474. The molecule has 2 heteroatoms. The van der Waals surface area contributed by atoms with Crippen molar-refractivity contribution in [2.75, 3.05) is 0 Å². The Hall–Kier alpha value is -0.890. The molecule has 1 atom stereocenters. The van der Waals surface area contributed by atoms with Gasteiger partial charge in [0.25, 0.3) is 0 Å². The van der Waals surface area contributed by atoms with Crippen LogP contribution in [0.15, 0.2) is 0 Å². The second-order valence-corrected chi connectivity index (χ2v) is 3.63. The second kappa shape index (κ2) is 3.46. The molecule has 13 heavy (non-hydrogen) atoms. The van der Waals surface area contributed by atoms with E-state index in [4.69, 9.17) is 0 Å². The molecule has 72 valence electrons. The molecule has 0 bridgehead atoms. The Kier molecular flexibility index (Phi) is 2.71. The summed E-state index contributed by atoms with van der Waals surface area (Å²) in [6, 6.07) is 0. The molecule has 2 nitrogen and oxygen atoms in total. The van der Waals surface area contributed by atoms with E-state index in [0.29, 0.717) is 0 Å². The standard InChI is InChI=1S/C11H17NO/c1-6-7(2)9(4)12-11(8(6)3)10(5)13/h10,13H,1-5H3. The molecule has 0 spiro atoms. The predicted octanol–water partition coefficient (Wildman–Crippen LogP) is 2.37. The SMILES string of the molecule is Cc1nc(C(C)O)c(C)c(C)c1C. The molecule has 0 radical (unpaired) electrons. The van der Waals surface area contributed by atoms with Gasteiger partial charge in [-0.05, 0) is 51.3 Å². The Morgan fingerprint density at radius 1 is 1.00 bits per heavy atom. The Bertz CT molecular complexity index is 329. The third kappa shape index (κ3) is 1.73. The summed E-state index contributed by atoms with van der Waals surface area (Å²) in [5, 5.41) is 9.48. The lowest BCUT2D eigenvalue weighted by Crippen LogP contribution is -2.05. The van der Waals surface area contributed by atoms with Crippen LogP contribution in [0.5, 0.6) is 0 Å². The fourth-order valence-electron chi connectivity index (χ4n) is 1.50. The first-order valence-corrected chi connectivity index (χ1v) is 4.57. The molecule has 1 aromatic rings. The van der Waals surface area contributed by atoms with Gasteiger partial charge >= 0.3 is 0 Å². The molecular weight excluding hydrogens is 162 g/mol. The fourth-order valence-corrected chi connectivity index (χ4v) is 1.50. The van der Waals surface area contributed by atoms with Gasteiger partial charge in [-0.2, -0.15) is 0 Å². The van der Waals surface area contributed by atoms with Gasteiger partial charge in [0.1, 0.15) is 0 Å². The number of hydrogen-bond acceptors (Lipinski definition) is 2. The molecule has 1 rings (SSSR count). The van der Waals surface area contributed by atoms with Crippen LogP contribution in [0.25, 0.3) is 0 Å².